The summed E-state index contributed by atoms with van der Waals surface area (Å²) in [4.78, 5) is 58.2. The highest BCUT2D eigenvalue weighted by Crippen LogP contribution is 2.55. The fraction of sp³-hybridized carbons (Fsp3) is 0.0645. The van der Waals surface area contributed by atoms with Crippen molar-refractivity contribution < 1.29 is 0 Å². The van der Waals surface area contributed by atoms with Gasteiger partial charge < -0.3 is 0 Å². The molecule has 0 unspecified atom stereocenters. The highest BCUT2D eigenvalue weighted by Gasteiger charge is 2.36. The third-order valence-electron chi connectivity index (χ3n) is 31.6. The molecule has 16 aromatic heterocycles. The molecule has 0 atom stereocenters. The van der Waals surface area contributed by atoms with Crippen molar-refractivity contribution in [3.63, 3.8) is 0 Å². The van der Waals surface area contributed by atoms with Crippen molar-refractivity contribution in [3.05, 3.63) is 430 Å². The molecule has 0 N–H and O–H groups in total. The predicted octanol–water partition coefficient (Wildman–Crippen LogP) is 26.9. The molecule has 0 radical (unpaired) electrons. The Hall–Kier alpha value is -18.3. The molecule has 0 aliphatic heterocycles. The van der Waals surface area contributed by atoms with Crippen LogP contribution < -0.4 is 0 Å². The van der Waals surface area contributed by atoms with E-state index >= 15 is 0 Å². The maximum atomic E-state index is 5.14. The standard InChI is InChI=1S/4C31H18N4/c1-2-6-21-17(5-1)13-19-16-25-20(15-24(19)21)14-18-9-10-26-29(27(18)25)35-30-22(7-4-12-33-30)28-23(31(35)34-26)8-3-11-32-28;1-2-6-21-17(5-1)13-19-16-25-20(15-24(19)21)14-18-9-10-26-29(27(18)25)35-30-23(8-4-12-33-30)22-7-3-11-32-28(22)31(35)34-26;1-2-5-21-17(4-1)12-19-15-25-20(14-24(19)21)13-18-7-8-27-29(28(18)25)35-30-23(6-3-10-33-30)22-9-11-32-16-26(22)31(35)34-27;1-2-5-21-17(4-1)12-19-15-25-20(14-24(19)21)13-18-7-8-27-29(28(18)25)35-30-22(6-3-10-33-30)26-16-32-11-9-23(26)31(35)34-27/h2*1-12,15-16H,13-14H2;2*1-11,14-16H,12-13H2. The summed E-state index contributed by atoms with van der Waals surface area (Å²) in [6.45, 7) is 0. The van der Waals surface area contributed by atoms with Crippen molar-refractivity contribution in [3.8, 4) is 89.0 Å². The molecule has 28 aromatic rings. The molecular weight excluding hydrogens is 1710 g/mol. The highest BCUT2D eigenvalue weighted by atomic mass is 15.1. The molecule has 140 heavy (non-hydrogen) atoms. The number of hydrogen-bond donors (Lipinski definition) is 0. The van der Waals surface area contributed by atoms with E-state index in [4.69, 9.17) is 49.8 Å². The molecule has 0 spiro atoms. The lowest BCUT2D eigenvalue weighted by molar-refractivity contribution is 1.22. The molecule has 16 heteroatoms. The normalized spacial score (nSPS) is 13.5. The summed E-state index contributed by atoms with van der Waals surface area (Å²) in [5.74, 6) is 0. The average molecular weight is 1790 g/mol. The van der Waals surface area contributed by atoms with E-state index < -0.39 is 0 Å². The molecule has 0 fully saturated rings. The van der Waals surface area contributed by atoms with Crippen LogP contribution in [0.25, 0.3) is 243 Å². The summed E-state index contributed by atoms with van der Waals surface area (Å²) in [6.07, 6.45) is 26.5. The molecule has 12 aromatic carbocycles. The summed E-state index contributed by atoms with van der Waals surface area (Å²) in [6, 6.07) is 101. The van der Waals surface area contributed by atoms with E-state index in [0.29, 0.717) is 0 Å². The first-order valence-corrected chi connectivity index (χ1v) is 48.2. The van der Waals surface area contributed by atoms with E-state index in [1.165, 1.54) is 178 Å². The van der Waals surface area contributed by atoms with Crippen LogP contribution >= 0.6 is 0 Å². The zero-order valence-electron chi connectivity index (χ0n) is 75.1. The number of nitrogens with zero attached hydrogens (tertiary/aromatic N) is 16. The molecular formula is C124H72N16. The summed E-state index contributed by atoms with van der Waals surface area (Å²) < 4.78 is 9.06. The number of pyridine rings is 12. The number of benzene rings is 12. The van der Waals surface area contributed by atoms with Gasteiger partial charge in [0.15, 0.2) is 5.65 Å². The van der Waals surface area contributed by atoms with Gasteiger partial charge in [-0.05, 0) is 364 Å². The molecule has 36 rings (SSSR count). The first-order chi connectivity index (χ1) is 69.4. The lowest BCUT2D eigenvalue weighted by Crippen LogP contribution is -1.96. The molecule has 16 heterocycles. The quantitative estimate of drug-likeness (QED) is 0.132. The SMILES string of the molecule is c1ccc2c(c1)Cc1cc3c(cc1-2)Cc1ccc2nc4c5cccnc5c5cccnc5n4c2c1-3.c1ccc2c(c1)Cc1cc3c(cc1-2)Cc1ccc2nc4c5ccncc5c5cccnc5n4c2c1-3.c1ccc2c(c1)Cc1cc3c(cc1-2)Cc1ccc2nc4c5cnccc5c5cccnc5n4c2c1-3.c1ccc2c(c1)Cc1cc3c(cc1-2)Cc1ccc2nc4c5ncccc5c5cccnc5n4c2c1-3. The summed E-state index contributed by atoms with van der Waals surface area (Å²) in [5, 5.41) is 10.9. The Balaban J connectivity index is 0.0000000829. The van der Waals surface area contributed by atoms with E-state index in [9.17, 15) is 0 Å². The van der Waals surface area contributed by atoms with E-state index in [1.807, 2.05) is 98.4 Å². The topological polar surface area (TPSA) is 172 Å². The molecule has 8 aliphatic carbocycles. The van der Waals surface area contributed by atoms with Gasteiger partial charge in [-0.15, -0.1) is 0 Å². The minimum Gasteiger partial charge on any atom is -0.275 e. The minimum absolute atomic E-state index is 0.872. The van der Waals surface area contributed by atoms with E-state index in [0.717, 1.165) is 206 Å². The monoisotopic (exact) mass is 1780 g/mol. The maximum absolute atomic E-state index is 5.14. The Labute approximate surface area is 796 Å². The third kappa shape index (κ3) is 10.3. The molecule has 8 aliphatic rings. The molecule has 0 saturated heterocycles. The van der Waals surface area contributed by atoms with E-state index in [-0.39, 0.29) is 0 Å². The van der Waals surface area contributed by atoms with Crippen LogP contribution in [-0.4, -0.2) is 77.4 Å². The van der Waals surface area contributed by atoms with Crippen LogP contribution in [0.3, 0.4) is 0 Å². The second-order valence-corrected chi connectivity index (χ2v) is 38.8. The second kappa shape index (κ2) is 27.7. The maximum Gasteiger partial charge on any atom is 0.166 e. The molecule has 16 nitrogen and oxygen atoms in total. The first kappa shape index (κ1) is 75.1. The fourth-order valence-corrected chi connectivity index (χ4v) is 25.7. The first-order valence-electron chi connectivity index (χ1n) is 48.2. The van der Waals surface area contributed by atoms with E-state index in [2.05, 4.69) is 270 Å². The number of fused-ring (bicyclic) bond motifs is 60. The Bertz CT molecular complexity index is 9460. The third-order valence-corrected chi connectivity index (χ3v) is 31.6. The van der Waals surface area contributed by atoms with Crippen LogP contribution in [-0.2, 0) is 51.4 Å². The summed E-state index contributed by atoms with van der Waals surface area (Å²) in [7, 11) is 0. The van der Waals surface area contributed by atoms with Crippen molar-refractivity contribution in [1.29, 1.82) is 0 Å². The van der Waals surface area contributed by atoms with Gasteiger partial charge in [0.1, 0.15) is 45.0 Å². The highest BCUT2D eigenvalue weighted by molar-refractivity contribution is 6.19. The van der Waals surface area contributed by atoms with Crippen molar-refractivity contribution in [1.82, 2.24) is 77.4 Å². The Morgan fingerprint density at radius 1 is 0.164 bits per heavy atom. The lowest BCUT2D eigenvalue weighted by Gasteiger charge is -2.10. The zero-order chi connectivity index (χ0) is 90.7. The van der Waals surface area contributed by atoms with E-state index in [1.54, 1.807) is 0 Å². The molecule has 648 valence electrons. The van der Waals surface area contributed by atoms with Gasteiger partial charge in [0, 0.05) is 133 Å². The smallest absolute Gasteiger partial charge is 0.166 e. The Morgan fingerprint density at radius 2 is 0.436 bits per heavy atom. The molecule has 0 bridgehead atoms. The van der Waals surface area contributed by atoms with Crippen molar-refractivity contribution in [2.45, 2.75) is 51.4 Å². The lowest BCUT2D eigenvalue weighted by atomic mass is 9.97. The average Bonchev–Trinajstić information content (AvgIpc) is 1.55. The van der Waals surface area contributed by atoms with Crippen LogP contribution in [0.2, 0.25) is 0 Å². The van der Waals surface area contributed by atoms with Crippen LogP contribution in [0.5, 0.6) is 0 Å². The van der Waals surface area contributed by atoms with Gasteiger partial charge in [0.25, 0.3) is 0 Å². The van der Waals surface area contributed by atoms with Gasteiger partial charge in [-0.2, -0.15) is 0 Å². The number of rotatable bonds is 0. The number of imidazole rings is 4. The van der Waals surface area contributed by atoms with Gasteiger partial charge in [0.05, 0.1) is 49.7 Å². The largest absolute Gasteiger partial charge is 0.275 e. The summed E-state index contributed by atoms with van der Waals surface area (Å²) >= 11 is 0. The van der Waals surface area contributed by atoms with Crippen molar-refractivity contribution >= 4 is 154 Å². The van der Waals surface area contributed by atoms with Crippen molar-refractivity contribution in [2.75, 3.05) is 0 Å². The summed E-state index contributed by atoms with van der Waals surface area (Å²) in [5.41, 5.74) is 62.0. The van der Waals surface area contributed by atoms with Gasteiger partial charge in [-0.3, -0.25) is 37.5 Å². The van der Waals surface area contributed by atoms with Crippen molar-refractivity contribution in [2.24, 2.45) is 0 Å². The van der Waals surface area contributed by atoms with Gasteiger partial charge >= 0.3 is 0 Å². The molecule has 0 amide bonds. The number of aromatic nitrogens is 16. The van der Waals surface area contributed by atoms with Crippen LogP contribution in [0, 0.1) is 0 Å². The fourth-order valence-electron chi connectivity index (χ4n) is 25.7. The van der Waals surface area contributed by atoms with Gasteiger partial charge in [-0.25, -0.2) is 39.9 Å². The number of hydrogen-bond acceptors (Lipinski definition) is 12. The zero-order valence-corrected chi connectivity index (χ0v) is 75.1. The van der Waals surface area contributed by atoms with Crippen LogP contribution in [0.4, 0.5) is 0 Å². The Morgan fingerprint density at radius 3 is 0.843 bits per heavy atom. The van der Waals surface area contributed by atoms with Crippen LogP contribution in [0.1, 0.15) is 89.0 Å². The van der Waals surface area contributed by atoms with Gasteiger partial charge in [0.2, 0.25) is 0 Å². The van der Waals surface area contributed by atoms with Gasteiger partial charge in [-0.1, -0.05) is 127 Å². The Kier molecular flexibility index (Phi) is 14.9. The van der Waals surface area contributed by atoms with Crippen LogP contribution in [0.15, 0.2) is 341 Å². The predicted molar refractivity (Wildman–Crippen MR) is 559 cm³/mol. The minimum atomic E-state index is 0.872. The molecule has 0 saturated carbocycles. The second-order valence-electron chi connectivity index (χ2n) is 38.8.